The zero-order valence-electron chi connectivity index (χ0n) is 26.0. The van der Waals surface area contributed by atoms with Crippen LogP contribution in [0.15, 0.2) is 91.5 Å². The van der Waals surface area contributed by atoms with Crippen LogP contribution in [0, 0.1) is 12.8 Å². The summed E-state index contributed by atoms with van der Waals surface area (Å²) in [5.41, 5.74) is 3.41. The first-order valence-electron chi connectivity index (χ1n) is 14.3. The van der Waals surface area contributed by atoms with E-state index >= 15 is 0 Å². The van der Waals surface area contributed by atoms with Crippen molar-refractivity contribution >= 4 is 18.7 Å². The average Bonchev–Trinajstić information content (AvgIpc) is 2.94. The van der Waals surface area contributed by atoms with Gasteiger partial charge in [-0.3, -0.25) is 0 Å². The van der Waals surface area contributed by atoms with Crippen LogP contribution in [0.25, 0.3) is 0 Å². The quantitative estimate of drug-likeness (QED) is 0.166. The van der Waals surface area contributed by atoms with Crippen molar-refractivity contribution in [3.05, 3.63) is 108 Å². The molecule has 3 atom stereocenters. The molecule has 3 aromatic carbocycles. The molecule has 0 spiro atoms. The maximum absolute atomic E-state index is 7.33. The van der Waals surface area contributed by atoms with Crippen LogP contribution in [0.5, 0.6) is 11.5 Å². The average molecular weight is 557 g/mol. The summed E-state index contributed by atoms with van der Waals surface area (Å²) in [6.45, 7) is 20.5. The number of benzene rings is 3. The molecule has 40 heavy (non-hydrogen) atoms. The van der Waals surface area contributed by atoms with Crippen LogP contribution in [0.3, 0.4) is 0 Å². The summed E-state index contributed by atoms with van der Waals surface area (Å²) in [5, 5.41) is 2.51. The zero-order chi connectivity index (χ0) is 29.5. The molecule has 0 radical (unpaired) electrons. The van der Waals surface area contributed by atoms with E-state index in [9.17, 15) is 0 Å². The SMILES string of the molecule is C=C[C@@H](c1cc(C)c(OC)c(OC)c1[C@@H](C)/C=C/C)[C@@H](C)CO[Si](c1ccccc1)(c1ccccc1)C(C)(C)C. The monoisotopic (exact) mass is 556 g/mol. The number of methoxy groups -OCH3 is 2. The number of aryl methyl sites for hydroxylation is 1. The predicted molar refractivity (Wildman–Crippen MR) is 173 cm³/mol. The van der Waals surface area contributed by atoms with Crippen LogP contribution in [-0.4, -0.2) is 29.1 Å². The minimum absolute atomic E-state index is 0.0689. The van der Waals surface area contributed by atoms with Gasteiger partial charge >= 0.3 is 0 Å². The molecule has 214 valence electrons. The van der Waals surface area contributed by atoms with Crippen molar-refractivity contribution in [2.45, 2.75) is 65.3 Å². The Balaban J connectivity index is 2.13. The molecule has 0 bridgehead atoms. The van der Waals surface area contributed by atoms with E-state index in [1.807, 2.05) is 0 Å². The van der Waals surface area contributed by atoms with Crippen molar-refractivity contribution in [3.63, 3.8) is 0 Å². The van der Waals surface area contributed by atoms with Gasteiger partial charge in [0.15, 0.2) is 11.5 Å². The van der Waals surface area contributed by atoms with Gasteiger partial charge < -0.3 is 13.9 Å². The molecule has 0 unspecified atom stereocenters. The van der Waals surface area contributed by atoms with Gasteiger partial charge in [-0.1, -0.05) is 120 Å². The largest absolute Gasteiger partial charge is 0.493 e. The first-order valence-corrected chi connectivity index (χ1v) is 16.2. The first-order chi connectivity index (χ1) is 19.1. The van der Waals surface area contributed by atoms with Crippen LogP contribution < -0.4 is 19.8 Å². The van der Waals surface area contributed by atoms with Crippen LogP contribution >= 0.6 is 0 Å². The molecule has 4 heteroatoms. The van der Waals surface area contributed by atoms with E-state index in [1.54, 1.807) is 14.2 Å². The van der Waals surface area contributed by atoms with E-state index in [1.165, 1.54) is 15.9 Å². The van der Waals surface area contributed by atoms with Crippen molar-refractivity contribution in [1.29, 1.82) is 0 Å². The number of ether oxygens (including phenoxy) is 2. The van der Waals surface area contributed by atoms with E-state index in [4.69, 9.17) is 13.9 Å². The first kappa shape index (κ1) is 31.4. The van der Waals surface area contributed by atoms with Crippen molar-refractivity contribution < 1.29 is 13.9 Å². The van der Waals surface area contributed by atoms with Gasteiger partial charge in [-0.05, 0) is 46.3 Å². The molecule has 3 aromatic rings. The number of hydrogen-bond donors (Lipinski definition) is 0. The third kappa shape index (κ3) is 6.13. The molecule has 0 heterocycles. The second kappa shape index (κ2) is 13.5. The highest BCUT2D eigenvalue weighted by Crippen LogP contribution is 2.46. The Bertz CT molecular complexity index is 1240. The number of rotatable bonds is 12. The molecule has 3 nitrogen and oxygen atoms in total. The van der Waals surface area contributed by atoms with E-state index in [0.29, 0.717) is 6.61 Å². The van der Waals surface area contributed by atoms with Gasteiger partial charge in [0.1, 0.15) is 0 Å². The van der Waals surface area contributed by atoms with Crippen molar-refractivity contribution in [2.75, 3.05) is 20.8 Å². The minimum atomic E-state index is -2.65. The van der Waals surface area contributed by atoms with Gasteiger partial charge in [-0.2, -0.15) is 0 Å². The Morgan fingerprint density at radius 3 is 1.82 bits per heavy atom. The van der Waals surface area contributed by atoms with Crippen LogP contribution in [-0.2, 0) is 4.43 Å². The fourth-order valence-electron chi connectivity index (χ4n) is 6.18. The molecular formula is C36H48O3Si. The highest BCUT2D eigenvalue weighted by atomic mass is 28.4. The van der Waals surface area contributed by atoms with Gasteiger partial charge in [-0.15, -0.1) is 6.58 Å². The predicted octanol–water partition coefficient (Wildman–Crippen LogP) is 8.17. The zero-order valence-corrected chi connectivity index (χ0v) is 27.0. The molecule has 0 aliphatic heterocycles. The summed E-state index contributed by atoms with van der Waals surface area (Å²) >= 11 is 0. The second-order valence-corrected chi connectivity index (χ2v) is 16.1. The van der Waals surface area contributed by atoms with Gasteiger partial charge in [0, 0.05) is 24.0 Å². The molecule has 0 N–H and O–H groups in total. The lowest BCUT2D eigenvalue weighted by molar-refractivity contribution is 0.234. The standard InChI is InChI=1S/C36H48O3Si/c1-11-19-26(3)33-32(24-27(4)34(37-9)35(33)38-10)31(12-2)28(5)25-39-40(36(6,7)8,29-20-15-13-16-21-29)30-22-17-14-18-23-30/h11-24,26,28,31H,2,25H2,1,3-10H3/b19-11+/t26-,28-,31+/m0/s1. The normalized spacial score (nSPS) is 14.5. The van der Waals surface area contributed by atoms with E-state index in [0.717, 1.165) is 22.6 Å². The van der Waals surface area contributed by atoms with E-state index < -0.39 is 8.32 Å². The maximum Gasteiger partial charge on any atom is 0.261 e. The fourth-order valence-corrected chi connectivity index (χ4v) is 10.9. The Hall–Kier alpha value is -3.08. The Kier molecular flexibility index (Phi) is 10.6. The molecule has 3 rings (SSSR count). The molecule has 0 saturated heterocycles. The summed E-state index contributed by atoms with van der Waals surface area (Å²) in [5.74, 6) is 1.98. The van der Waals surface area contributed by atoms with Gasteiger partial charge in [0.25, 0.3) is 8.32 Å². The van der Waals surface area contributed by atoms with Crippen molar-refractivity contribution in [3.8, 4) is 11.5 Å². The summed E-state index contributed by atoms with van der Waals surface area (Å²) in [4.78, 5) is 0. The molecule has 0 amide bonds. The Morgan fingerprint density at radius 2 is 1.40 bits per heavy atom. The van der Waals surface area contributed by atoms with Crippen molar-refractivity contribution in [1.82, 2.24) is 0 Å². The maximum atomic E-state index is 7.33. The topological polar surface area (TPSA) is 27.7 Å². The smallest absolute Gasteiger partial charge is 0.261 e. The summed E-state index contributed by atoms with van der Waals surface area (Å²) < 4.78 is 19.1. The van der Waals surface area contributed by atoms with E-state index in [-0.39, 0.29) is 22.8 Å². The summed E-state index contributed by atoms with van der Waals surface area (Å²) in [7, 11) is 0.783. The van der Waals surface area contributed by atoms with E-state index in [2.05, 4.69) is 140 Å². The summed E-state index contributed by atoms with van der Waals surface area (Å²) in [6, 6.07) is 23.9. The Morgan fingerprint density at radius 1 is 0.875 bits per heavy atom. The third-order valence-corrected chi connectivity index (χ3v) is 13.0. The molecule has 0 aliphatic carbocycles. The minimum Gasteiger partial charge on any atom is -0.493 e. The Labute approximate surface area is 244 Å². The lowest BCUT2D eigenvalue weighted by atomic mass is 9.80. The number of hydrogen-bond acceptors (Lipinski definition) is 3. The lowest BCUT2D eigenvalue weighted by Crippen LogP contribution is -2.66. The van der Waals surface area contributed by atoms with Crippen molar-refractivity contribution in [2.24, 2.45) is 5.92 Å². The molecule has 0 saturated carbocycles. The van der Waals surface area contributed by atoms with Gasteiger partial charge in [-0.25, -0.2) is 0 Å². The van der Waals surface area contributed by atoms with Crippen LogP contribution in [0.2, 0.25) is 5.04 Å². The number of allylic oxidation sites excluding steroid dienone is 3. The van der Waals surface area contributed by atoms with Gasteiger partial charge in [0.05, 0.1) is 14.2 Å². The highest BCUT2D eigenvalue weighted by molar-refractivity contribution is 6.99. The van der Waals surface area contributed by atoms with Gasteiger partial charge in [0.2, 0.25) is 0 Å². The molecular weight excluding hydrogens is 508 g/mol. The summed E-state index contributed by atoms with van der Waals surface area (Å²) in [6.07, 6.45) is 6.38. The highest BCUT2D eigenvalue weighted by Gasteiger charge is 2.50. The molecule has 0 aliphatic rings. The fraction of sp³-hybridized carbons (Fsp3) is 0.389. The van der Waals surface area contributed by atoms with Crippen LogP contribution in [0.1, 0.15) is 70.1 Å². The third-order valence-electron chi connectivity index (χ3n) is 8.04. The molecule has 0 aromatic heterocycles. The lowest BCUT2D eigenvalue weighted by Gasteiger charge is -2.44. The molecule has 0 fully saturated rings. The second-order valence-electron chi connectivity index (χ2n) is 11.8. The van der Waals surface area contributed by atoms with Crippen LogP contribution in [0.4, 0.5) is 0 Å².